The lowest BCUT2D eigenvalue weighted by Gasteiger charge is -2.26. The van der Waals surface area contributed by atoms with Crippen molar-refractivity contribution >= 4 is 33.4 Å². The molecule has 1 amide bonds. The molecule has 1 N–H and O–H groups in total. The van der Waals surface area contributed by atoms with Crippen molar-refractivity contribution in [3.8, 4) is 0 Å². The van der Waals surface area contributed by atoms with Crippen molar-refractivity contribution < 1.29 is 13.2 Å². The Morgan fingerprint density at radius 1 is 1.03 bits per heavy atom. The van der Waals surface area contributed by atoms with Crippen LogP contribution in [0.4, 0.5) is 5.69 Å². The Morgan fingerprint density at radius 3 is 2.42 bits per heavy atom. The number of amides is 1. The van der Waals surface area contributed by atoms with Crippen LogP contribution in [0.3, 0.4) is 0 Å². The van der Waals surface area contributed by atoms with Gasteiger partial charge in [-0.25, -0.2) is 8.42 Å². The predicted octanol–water partition coefficient (Wildman–Crippen LogP) is 4.63. The summed E-state index contributed by atoms with van der Waals surface area (Å²) in [5.74, 6) is 0.572. The summed E-state index contributed by atoms with van der Waals surface area (Å²) in [6.45, 7) is 2.30. The van der Waals surface area contributed by atoms with Gasteiger partial charge in [-0.15, -0.1) is 0 Å². The number of thioether (sulfide) groups is 1. The number of para-hydroxylation sites is 1. The molecule has 0 saturated heterocycles. The molecule has 7 heteroatoms. The summed E-state index contributed by atoms with van der Waals surface area (Å²) < 4.78 is 28.1. The van der Waals surface area contributed by atoms with Crippen LogP contribution < -0.4 is 9.62 Å². The topological polar surface area (TPSA) is 66.5 Å². The minimum Gasteiger partial charge on any atom is -0.354 e. The molecule has 0 aromatic heterocycles. The Hall–Kier alpha value is -1.99. The van der Waals surface area contributed by atoms with Crippen LogP contribution in [0.2, 0.25) is 0 Å². The molecular formula is C24H32N2O3S2. The number of nitrogens with one attached hydrogen (secondary N) is 1. The molecule has 1 fully saturated rings. The molecule has 0 unspecified atom stereocenters. The van der Waals surface area contributed by atoms with Crippen molar-refractivity contribution in [1.82, 2.24) is 5.32 Å². The zero-order valence-corrected chi connectivity index (χ0v) is 19.8. The molecule has 3 rings (SSSR count). The van der Waals surface area contributed by atoms with Gasteiger partial charge in [0.2, 0.25) is 5.91 Å². The second kappa shape index (κ2) is 11.6. The quantitative estimate of drug-likeness (QED) is 0.525. The van der Waals surface area contributed by atoms with Crippen molar-refractivity contribution in [2.24, 2.45) is 0 Å². The number of carbonyl (C=O) groups excluding carboxylic acids is 1. The third-order valence-corrected chi connectivity index (χ3v) is 8.75. The molecule has 0 radical (unpaired) electrons. The average molecular weight is 461 g/mol. The largest absolute Gasteiger partial charge is 0.354 e. The molecule has 0 aliphatic heterocycles. The number of nitrogens with zero attached hydrogens (tertiary/aromatic N) is 1. The lowest BCUT2D eigenvalue weighted by molar-refractivity contribution is -0.119. The maximum atomic E-state index is 13.4. The fraction of sp³-hybridized carbons (Fsp3) is 0.458. The van der Waals surface area contributed by atoms with Crippen LogP contribution in [0, 0.1) is 0 Å². The Balaban J connectivity index is 1.70. The lowest BCUT2D eigenvalue weighted by Crippen LogP contribution is -2.42. The van der Waals surface area contributed by atoms with E-state index in [2.05, 4.69) is 5.32 Å². The van der Waals surface area contributed by atoms with Crippen molar-refractivity contribution in [1.29, 1.82) is 0 Å². The van der Waals surface area contributed by atoms with Gasteiger partial charge in [-0.1, -0.05) is 62.6 Å². The number of benzene rings is 2. The van der Waals surface area contributed by atoms with E-state index in [1.807, 2.05) is 30.8 Å². The summed E-state index contributed by atoms with van der Waals surface area (Å²) in [7, 11) is -3.86. The highest BCUT2D eigenvalue weighted by Gasteiger charge is 2.28. The highest BCUT2D eigenvalue weighted by molar-refractivity contribution is 7.99. The fourth-order valence-corrected chi connectivity index (χ4v) is 6.61. The van der Waals surface area contributed by atoms with Gasteiger partial charge in [0.05, 0.1) is 10.6 Å². The lowest BCUT2D eigenvalue weighted by atomic mass is 10.0. The molecule has 1 saturated carbocycles. The number of anilines is 1. The first-order chi connectivity index (χ1) is 15.0. The highest BCUT2D eigenvalue weighted by Crippen LogP contribution is 2.28. The molecular weight excluding hydrogens is 428 g/mol. The molecule has 0 spiro atoms. The van der Waals surface area contributed by atoms with Gasteiger partial charge in [0, 0.05) is 17.5 Å². The van der Waals surface area contributed by atoms with Crippen LogP contribution in [0.1, 0.15) is 44.6 Å². The summed E-state index contributed by atoms with van der Waals surface area (Å²) in [6.07, 6.45) is 7.13. The van der Waals surface area contributed by atoms with Gasteiger partial charge in [0.25, 0.3) is 10.0 Å². The van der Waals surface area contributed by atoms with Crippen molar-refractivity contribution in [3.63, 3.8) is 0 Å². The van der Waals surface area contributed by atoms with E-state index in [-0.39, 0.29) is 17.3 Å². The van der Waals surface area contributed by atoms with Gasteiger partial charge in [-0.3, -0.25) is 9.10 Å². The van der Waals surface area contributed by atoms with Gasteiger partial charge >= 0.3 is 0 Å². The number of hydrogen-bond acceptors (Lipinski definition) is 4. The van der Waals surface area contributed by atoms with Gasteiger partial charge in [-0.05, 0) is 43.0 Å². The summed E-state index contributed by atoms with van der Waals surface area (Å²) in [5.41, 5.74) is 1.45. The van der Waals surface area contributed by atoms with Crippen molar-refractivity contribution in [2.75, 3.05) is 23.1 Å². The van der Waals surface area contributed by atoms with Crippen LogP contribution in [-0.4, -0.2) is 38.4 Å². The molecule has 0 atom stereocenters. The van der Waals surface area contributed by atoms with Gasteiger partial charge < -0.3 is 5.32 Å². The monoisotopic (exact) mass is 460 g/mol. The maximum absolute atomic E-state index is 13.4. The smallest absolute Gasteiger partial charge is 0.264 e. The Morgan fingerprint density at radius 2 is 1.71 bits per heavy atom. The van der Waals surface area contributed by atoms with Crippen LogP contribution in [0.15, 0.2) is 59.5 Å². The average Bonchev–Trinajstić information content (AvgIpc) is 2.81. The Kier molecular flexibility index (Phi) is 8.84. The summed E-state index contributed by atoms with van der Waals surface area (Å²) in [4.78, 5) is 12.9. The molecule has 0 heterocycles. The third-order valence-electron chi connectivity index (χ3n) is 5.59. The van der Waals surface area contributed by atoms with Crippen LogP contribution in [-0.2, 0) is 21.2 Å². The van der Waals surface area contributed by atoms with E-state index in [4.69, 9.17) is 0 Å². The number of sulfonamides is 1. The number of hydrogen-bond donors (Lipinski definition) is 1. The van der Waals surface area contributed by atoms with E-state index in [1.165, 1.54) is 36.4 Å². The molecule has 2 aromatic rings. The van der Waals surface area contributed by atoms with E-state index in [1.54, 1.807) is 42.5 Å². The summed E-state index contributed by atoms with van der Waals surface area (Å²) in [6, 6.07) is 15.7. The first kappa shape index (κ1) is 23.7. The second-order valence-electron chi connectivity index (χ2n) is 7.79. The minimum atomic E-state index is -3.86. The molecule has 168 valence electrons. The molecule has 1 aliphatic carbocycles. The van der Waals surface area contributed by atoms with E-state index in [0.29, 0.717) is 23.9 Å². The van der Waals surface area contributed by atoms with Crippen LogP contribution in [0.5, 0.6) is 0 Å². The molecule has 0 bridgehead atoms. The van der Waals surface area contributed by atoms with Crippen molar-refractivity contribution in [3.05, 3.63) is 60.2 Å². The third kappa shape index (κ3) is 6.50. The molecule has 1 aliphatic rings. The van der Waals surface area contributed by atoms with Gasteiger partial charge in [-0.2, -0.15) is 11.8 Å². The van der Waals surface area contributed by atoms with Crippen LogP contribution >= 0.6 is 11.8 Å². The van der Waals surface area contributed by atoms with Gasteiger partial charge in [0.1, 0.15) is 6.54 Å². The summed E-state index contributed by atoms with van der Waals surface area (Å²) in [5, 5.41) is 3.61. The van der Waals surface area contributed by atoms with E-state index in [0.717, 1.165) is 11.3 Å². The minimum absolute atomic E-state index is 0.182. The van der Waals surface area contributed by atoms with Gasteiger partial charge in [0.15, 0.2) is 0 Å². The second-order valence-corrected chi connectivity index (χ2v) is 11.1. The Bertz CT molecular complexity index is 942. The first-order valence-electron chi connectivity index (χ1n) is 11.1. The van der Waals surface area contributed by atoms with E-state index < -0.39 is 10.0 Å². The van der Waals surface area contributed by atoms with E-state index >= 15 is 0 Å². The molecule has 31 heavy (non-hydrogen) atoms. The molecule has 5 nitrogen and oxygen atoms in total. The Labute approximate surface area is 190 Å². The maximum Gasteiger partial charge on any atom is 0.264 e. The highest BCUT2D eigenvalue weighted by atomic mass is 32.2. The summed E-state index contributed by atoms with van der Waals surface area (Å²) >= 11 is 1.92. The van der Waals surface area contributed by atoms with E-state index in [9.17, 15) is 13.2 Å². The number of carbonyl (C=O) groups is 1. The zero-order chi connectivity index (χ0) is 22.1. The normalized spacial score (nSPS) is 14.9. The fourth-order valence-electron chi connectivity index (χ4n) is 3.91. The molecule has 2 aromatic carbocycles. The SMILES string of the molecule is CCc1ccccc1N(CC(=O)NCCSC1CCCCC1)S(=O)(=O)c1ccccc1. The number of rotatable bonds is 10. The zero-order valence-electron chi connectivity index (χ0n) is 18.1. The predicted molar refractivity (Wildman–Crippen MR) is 129 cm³/mol. The first-order valence-corrected chi connectivity index (χ1v) is 13.5. The van der Waals surface area contributed by atoms with Crippen LogP contribution in [0.25, 0.3) is 0 Å². The number of aryl methyl sites for hydroxylation is 1. The standard InChI is InChI=1S/C24H32N2O3S2/c1-2-20-11-9-10-16-23(20)26(31(28,29)22-14-7-4-8-15-22)19-24(27)25-17-18-30-21-12-5-3-6-13-21/h4,7-11,14-16,21H,2-3,5-6,12-13,17-19H2,1H3,(H,25,27). The van der Waals surface area contributed by atoms with Crippen molar-refractivity contribution in [2.45, 2.75) is 55.6 Å².